The average Bonchev–Trinajstić information content (AvgIpc) is 2.59. The van der Waals surface area contributed by atoms with Crippen molar-refractivity contribution in [2.24, 2.45) is 0 Å². The summed E-state index contributed by atoms with van der Waals surface area (Å²) in [4.78, 5) is 0. The molecule has 1 aliphatic rings. The summed E-state index contributed by atoms with van der Waals surface area (Å²) in [6.07, 6.45) is 0.135. The first-order valence-corrected chi connectivity index (χ1v) is 9.65. The molecule has 4 N–H and O–H groups in total. The molecule has 0 aliphatic carbocycles. The average molecular weight is 348 g/mol. The van der Waals surface area contributed by atoms with Gasteiger partial charge in [0.2, 0.25) is 0 Å². The van der Waals surface area contributed by atoms with Crippen LogP contribution in [-0.4, -0.2) is 39.2 Å². The van der Waals surface area contributed by atoms with Crippen molar-refractivity contribution in [3.8, 4) is 0 Å². The van der Waals surface area contributed by atoms with Crippen molar-refractivity contribution in [3.63, 3.8) is 0 Å². The van der Waals surface area contributed by atoms with Gasteiger partial charge in [-0.2, -0.15) is 0 Å². The second kappa shape index (κ2) is 7.13. The zero-order valence-corrected chi connectivity index (χ0v) is 14.5. The van der Waals surface area contributed by atoms with Gasteiger partial charge in [-0.25, -0.2) is 4.31 Å². The van der Waals surface area contributed by atoms with Gasteiger partial charge in [0.15, 0.2) is 0 Å². The van der Waals surface area contributed by atoms with Crippen LogP contribution in [0.1, 0.15) is 12.0 Å². The highest BCUT2D eigenvalue weighted by atomic mass is 32.3. The van der Waals surface area contributed by atoms with Gasteiger partial charge in [0.05, 0.1) is 22.7 Å². The quantitative estimate of drug-likeness (QED) is 0.666. The number of benzene rings is 2. The minimum absolute atomic E-state index is 0.451. The molecule has 0 bridgehead atoms. The Hall–Kier alpha value is -1.57. The van der Waals surface area contributed by atoms with E-state index in [1.807, 2.05) is 61.6 Å². The number of fused-ring (bicyclic) bond motifs is 1. The summed E-state index contributed by atoms with van der Waals surface area (Å²) < 4.78 is 23.7. The highest BCUT2D eigenvalue weighted by molar-refractivity contribution is 8.26. The van der Waals surface area contributed by atoms with Crippen LogP contribution in [-0.2, 0) is 6.42 Å². The van der Waals surface area contributed by atoms with Crippen molar-refractivity contribution in [2.45, 2.75) is 24.2 Å². The number of rotatable bonds is 5. The number of para-hydroxylation sites is 2. The minimum atomic E-state index is -3.20. The van der Waals surface area contributed by atoms with Crippen molar-refractivity contribution in [1.29, 1.82) is 0 Å². The lowest BCUT2D eigenvalue weighted by molar-refractivity contribution is 0.153. The van der Waals surface area contributed by atoms with E-state index in [0.717, 1.165) is 16.9 Å². The maximum atomic E-state index is 11.0. The Morgan fingerprint density at radius 3 is 2.50 bits per heavy atom. The zero-order valence-electron chi connectivity index (χ0n) is 13.7. The minimum Gasteiger partial charge on any atom is -0.391 e. The smallest absolute Gasteiger partial charge is 0.0992 e. The summed E-state index contributed by atoms with van der Waals surface area (Å²) >= 11 is 0. The molecule has 2 atom stereocenters. The summed E-state index contributed by atoms with van der Waals surface area (Å²) in [5.41, 5.74) is 2.53. The van der Waals surface area contributed by atoms with Crippen molar-refractivity contribution in [3.05, 3.63) is 60.2 Å². The maximum absolute atomic E-state index is 11.0. The number of nitrogens with zero attached hydrogens (tertiary/aromatic N) is 1. The number of anilines is 2. The third-order valence-corrected chi connectivity index (χ3v) is 6.65. The van der Waals surface area contributed by atoms with Crippen molar-refractivity contribution in [1.82, 2.24) is 5.32 Å². The Morgan fingerprint density at radius 1 is 1.12 bits per heavy atom. The van der Waals surface area contributed by atoms with Crippen LogP contribution in [0.3, 0.4) is 0 Å². The molecule has 0 saturated heterocycles. The van der Waals surface area contributed by atoms with E-state index in [0.29, 0.717) is 19.4 Å². The van der Waals surface area contributed by atoms with Gasteiger partial charge in [-0.1, -0.05) is 36.4 Å². The molecule has 0 radical (unpaired) electrons. The monoisotopic (exact) mass is 348 g/mol. The van der Waals surface area contributed by atoms with Gasteiger partial charge in [-0.05, 0) is 50.2 Å². The molecule has 5 nitrogen and oxygen atoms in total. The van der Waals surface area contributed by atoms with E-state index >= 15 is 0 Å². The second-order valence-electron chi connectivity index (χ2n) is 6.02. The molecule has 0 amide bonds. The number of hydrogen-bond donors (Lipinski definition) is 4. The summed E-state index contributed by atoms with van der Waals surface area (Å²) in [6, 6.07) is 17.1. The van der Waals surface area contributed by atoms with Crippen molar-refractivity contribution in [2.75, 3.05) is 17.9 Å². The Morgan fingerprint density at radius 2 is 1.79 bits per heavy atom. The van der Waals surface area contributed by atoms with E-state index in [9.17, 15) is 14.2 Å². The van der Waals surface area contributed by atoms with E-state index < -0.39 is 22.1 Å². The normalized spacial score (nSPS) is 21.8. The standard InChI is InChI=1S/C18H24N2O3S/c1-19-12-11-17(21)18-13-14-7-5-6-10-16(14)20(24(18,22)23)15-8-3-2-4-9-15/h2-10,17-19,21-23H,11-13H2,1H3/t17-,18-/m0/s1. The van der Waals surface area contributed by atoms with Crippen LogP contribution in [0.4, 0.5) is 11.4 Å². The third-order valence-electron chi connectivity index (χ3n) is 4.42. The van der Waals surface area contributed by atoms with Crippen LogP contribution < -0.4 is 9.62 Å². The molecule has 24 heavy (non-hydrogen) atoms. The molecule has 3 rings (SSSR count). The highest BCUT2D eigenvalue weighted by Gasteiger charge is 2.42. The molecule has 130 valence electrons. The summed E-state index contributed by atoms with van der Waals surface area (Å²) in [7, 11) is -1.39. The topological polar surface area (TPSA) is 76.0 Å². The predicted octanol–water partition coefficient (Wildman–Crippen LogP) is 3.39. The predicted molar refractivity (Wildman–Crippen MR) is 99.9 cm³/mol. The fourth-order valence-electron chi connectivity index (χ4n) is 3.17. The van der Waals surface area contributed by atoms with Gasteiger partial charge in [0, 0.05) is 0 Å². The second-order valence-corrected chi connectivity index (χ2v) is 8.11. The molecule has 6 heteroatoms. The first kappa shape index (κ1) is 17.3. The summed E-state index contributed by atoms with van der Waals surface area (Å²) in [5, 5.41) is 12.9. The highest BCUT2D eigenvalue weighted by Crippen LogP contribution is 2.60. The van der Waals surface area contributed by atoms with Crippen LogP contribution in [0.25, 0.3) is 0 Å². The zero-order chi connectivity index (χ0) is 17.2. The largest absolute Gasteiger partial charge is 0.391 e. The van der Waals surface area contributed by atoms with Crippen molar-refractivity contribution >= 4 is 22.2 Å². The molecular formula is C18H24N2O3S. The summed E-state index contributed by atoms with van der Waals surface area (Å²) in [6.45, 7) is 0.625. The Balaban J connectivity index is 2.05. The number of aliphatic hydroxyl groups is 1. The first-order valence-electron chi connectivity index (χ1n) is 8.08. The fraction of sp³-hybridized carbons (Fsp3) is 0.333. The summed E-state index contributed by atoms with van der Waals surface area (Å²) in [5.74, 6) is 0. The molecule has 2 aromatic rings. The molecule has 1 heterocycles. The van der Waals surface area contributed by atoms with Gasteiger partial charge in [0.1, 0.15) is 0 Å². The number of aliphatic hydroxyl groups excluding tert-OH is 1. The molecule has 0 unspecified atom stereocenters. The van der Waals surface area contributed by atoms with Gasteiger partial charge in [-0.15, -0.1) is 10.8 Å². The molecule has 2 aromatic carbocycles. The first-order chi connectivity index (χ1) is 11.6. The van der Waals surface area contributed by atoms with Crippen LogP contribution in [0, 0.1) is 0 Å². The molecule has 0 aromatic heterocycles. The van der Waals surface area contributed by atoms with Crippen LogP contribution >= 0.6 is 10.8 Å². The van der Waals surface area contributed by atoms with Crippen molar-refractivity contribution < 1.29 is 14.2 Å². The molecule has 0 fully saturated rings. The van der Waals surface area contributed by atoms with Crippen LogP contribution in [0.5, 0.6) is 0 Å². The Labute approximate surface area is 144 Å². The van der Waals surface area contributed by atoms with Gasteiger partial charge in [-0.3, -0.25) is 9.11 Å². The lowest BCUT2D eigenvalue weighted by Gasteiger charge is -2.54. The molecule has 0 saturated carbocycles. The molecule has 1 aliphatic heterocycles. The van der Waals surface area contributed by atoms with Crippen LogP contribution in [0.2, 0.25) is 0 Å². The van der Waals surface area contributed by atoms with Gasteiger partial charge < -0.3 is 10.4 Å². The Bertz CT molecular complexity index is 681. The SMILES string of the molecule is CNCC[C@H](O)[C@@H]1Cc2ccccc2N(c2ccccc2)S1(O)O. The molecular weight excluding hydrogens is 324 g/mol. The third kappa shape index (κ3) is 3.16. The Kier molecular flexibility index (Phi) is 5.12. The lowest BCUT2D eigenvalue weighted by Crippen LogP contribution is -2.44. The fourth-order valence-corrected chi connectivity index (χ4v) is 5.30. The van der Waals surface area contributed by atoms with E-state index in [1.54, 1.807) is 4.31 Å². The number of hydrogen-bond acceptors (Lipinski definition) is 5. The van der Waals surface area contributed by atoms with E-state index in [1.165, 1.54) is 0 Å². The van der Waals surface area contributed by atoms with Crippen LogP contribution in [0.15, 0.2) is 54.6 Å². The van der Waals surface area contributed by atoms with E-state index in [4.69, 9.17) is 0 Å². The van der Waals surface area contributed by atoms with E-state index in [2.05, 4.69) is 5.32 Å². The van der Waals surface area contributed by atoms with Gasteiger partial charge in [0.25, 0.3) is 0 Å². The van der Waals surface area contributed by atoms with Gasteiger partial charge >= 0.3 is 0 Å². The number of nitrogens with one attached hydrogen (secondary N) is 1. The maximum Gasteiger partial charge on any atom is 0.0992 e. The molecule has 0 spiro atoms. The lowest BCUT2D eigenvalue weighted by atomic mass is 10.0. The van der Waals surface area contributed by atoms with E-state index in [-0.39, 0.29) is 0 Å².